The Kier molecular flexibility index (Phi) is 7.66. The van der Waals surface area contributed by atoms with E-state index in [1.807, 2.05) is 60.7 Å². The van der Waals surface area contributed by atoms with E-state index in [4.69, 9.17) is 0 Å². The van der Waals surface area contributed by atoms with Crippen molar-refractivity contribution < 1.29 is 73.5 Å². The fourth-order valence-electron chi connectivity index (χ4n) is 4.11. The predicted octanol–water partition coefficient (Wildman–Crippen LogP) is -1.78. The first-order valence-corrected chi connectivity index (χ1v) is 11.3. The molecule has 2 aliphatic rings. The molecule has 2 aromatic carbocycles. The van der Waals surface area contributed by atoms with E-state index >= 15 is 0 Å². The van der Waals surface area contributed by atoms with Crippen molar-refractivity contribution in [2.45, 2.75) is 13.8 Å². The molecule has 2 aliphatic heterocycles. The van der Waals surface area contributed by atoms with Gasteiger partial charge in [-0.2, -0.15) is 0 Å². The van der Waals surface area contributed by atoms with E-state index in [-0.39, 0.29) is 64.2 Å². The first kappa shape index (κ1) is 23.8. The van der Waals surface area contributed by atoms with Crippen LogP contribution in [0.25, 0.3) is 10.9 Å². The summed E-state index contributed by atoms with van der Waals surface area (Å²) in [5.41, 5.74) is 3.42. The average molecular weight is 414 g/mol. The maximum absolute atomic E-state index is 12.2. The molecule has 0 aliphatic carbocycles. The van der Waals surface area contributed by atoms with Gasteiger partial charge in [0.25, 0.3) is 0 Å². The molecule has 0 spiro atoms. The number of hydrogen-bond acceptors (Lipinski definition) is 3. The van der Waals surface area contributed by atoms with Gasteiger partial charge in [-0.3, -0.25) is 0 Å². The van der Waals surface area contributed by atoms with Crippen molar-refractivity contribution in [3.63, 3.8) is 0 Å². The van der Waals surface area contributed by atoms with Gasteiger partial charge in [0.15, 0.2) is 0 Å². The van der Waals surface area contributed by atoms with Crippen molar-refractivity contribution in [2.24, 2.45) is 5.41 Å². The van der Waals surface area contributed by atoms with Crippen molar-refractivity contribution in [1.29, 1.82) is 0 Å². The molecule has 2 heterocycles. The van der Waals surface area contributed by atoms with Crippen LogP contribution in [0.2, 0.25) is 0 Å². The third-order valence-electron chi connectivity index (χ3n) is 5.33. The van der Waals surface area contributed by atoms with Crippen molar-refractivity contribution in [3.8, 4) is 0 Å². The number of hydrogen-bond donors (Lipinski definition) is 0. The zero-order valence-electron chi connectivity index (χ0n) is 16.1. The molecule has 0 saturated carbocycles. The Bertz CT molecular complexity index is 952. The van der Waals surface area contributed by atoms with E-state index in [0.717, 1.165) is 22.0 Å². The second kappa shape index (κ2) is 8.70. The van der Waals surface area contributed by atoms with Gasteiger partial charge in [-0.05, 0) is 55.7 Å². The maximum atomic E-state index is 12.2. The van der Waals surface area contributed by atoms with Crippen molar-refractivity contribution in [1.82, 2.24) is 0 Å². The summed E-state index contributed by atoms with van der Waals surface area (Å²) in [4.78, 5) is 24.5. The minimum Gasteiger partial charge on any atom is -0.807 e. The molecule has 7 heteroatoms. The normalized spacial score (nSPS) is 23.9. The van der Waals surface area contributed by atoms with Gasteiger partial charge >= 0.3 is 59.1 Å². The number of benzene rings is 2. The fraction of sp³-hybridized carbons (Fsp3) is 0.200. The molecule has 2 atom stereocenters. The zero-order chi connectivity index (χ0) is 17.8. The number of allylic oxidation sites excluding steroid dienone is 2. The molecule has 2 aromatic rings. The molecule has 0 radical (unpaired) electrons. The molecule has 3 nitrogen and oxygen atoms in total. The van der Waals surface area contributed by atoms with E-state index in [0.29, 0.717) is 6.16 Å². The number of fused-ring (bicyclic) bond motifs is 2. The maximum Gasteiger partial charge on any atom is 1.00 e. The van der Waals surface area contributed by atoms with Gasteiger partial charge in [0.05, 0.1) is 0 Å². The molecule has 4 rings (SSSR count). The first-order chi connectivity index (χ1) is 11.8. The molecule has 0 fully saturated rings. The van der Waals surface area contributed by atoms with Gasteiger partial charge in [0, 0.05) is 5.41 Å². The first-order valence-electron chi connectivity index (χ1n) is 8.21. The van der Waals surface area contributed by atoms with Crippen molar-refractivity contribution in [3.05, 3.63) is 82.4 Å². The van der Waals surface area contributed by atoms with Crippen LogP contribution in [-0.2, 0) is 4.57 Å². The van der Waals surface area contributed by atoms with Crippen LogP contribution < -0.4 is 68.9 Å². The van der Waals surface area contributed by atoms with E-state index in [1.54, 1.807) is 0 Å². The Balaban J connectivity index is 0.00000131. The molecule has 2 unspecified atom stereocenters. The molecule has 27 heavy (non-hydrogen) atoms. The van der Waals surface area contributed by atoms with Crippen LogP contribution in [0.4, 0.5) is 0 Å². The molecule has 128 valence electrons. The Morgan fingerprint density at radius 1 is 0.926 bits per heavy atom. The standard InChI is InChI=1S/C20H20O3P2.2Na/c1-14-18(16-11-7-4-8-12-16)24-13-20(14,2)17(19(24)25(21,22)23)15-9-5-3-6-10-15;;/h3-12H,13H2,1-2H3,(H2,21,22,23);;/q;2*+1/p-2. The number of rotatable bonds is 3. The third-order valence-corrected chi connectivity index (χ3v) is 10.3. The smallest absolute Gasteiger partial charge is 0.807 e. The molecule has 2 bridgehead atoms. The summed E-state index contributed by atoms with van der Waals surface area (Å²) in [7, 11) is -5.97. The van der Waals surface area contributed by atoms with E-state index < -0.39 is 20.9 Å². The third kappa shape index (κ3) is 3.94. The van der Waals surface area contributed by atoms with Crippen molar-refractivity contribution in [2.75, 3.05) is 6.16 Å². The van der Waals surface area contributed by atoms with Gasteiger partial charge in [-0.15, -0.1) is 0 Å². The monoisotopic (exact) mass is 414 g/mol. The van der Waals surface area contributed by atoms with Crippen LogP contribution in [-0.4, -0.2) is 6.16 Å². The molecule has 0 N–H and O–H groups in total. The summed E-state index contributed by atoms with van der Waals surface area (Å²) in [5.74, 6) is 0. The minimum absolute atomic E-state index is 0. The Labute approximate surface area is 205 Å². The Morgan fingerprint density at radius 2 is 1.41 bits per heavy atom. The van der Waals surface area contributed by atoms with Gasteiger partial charge < -0.3 is 14.4 Å². The topological polar surface area (TPSA) is 63.2 Å². The van der Waals surface area contributed by atoms with E-state index in [1.165, 1.54) is 5.57 Å². The van der Waals surface area contributed by atoms with Gasteiger partial charge in [0.2, 0.25) is 0 Å². The SMILES string of the molecule is CC1=C(c2ccccc2)P2CC1(C)C(c1ccccc1)=C2P(=O)([O-])[O-].[Na+].[Na+]. The van der Waals surface area contributed by atoms with Crippen LogP contribution in [0.1, 0.15) is 25.0 Å². The van der Waals surface area contributed by atoms with Crippen LogP contribution >= 0.6 is 15.5 Å². The van der Waals surface area contributed by atoms with E-state index in [2.05, 4.69) is 13.8 Å². The second-order valence-electron chi connectivity index (χ2n) is 6.82. The molecular formula is C20H18Na2O3P2. The van der Waals surface area contributed by atoms with Gasteiger partial charge in [-0.1, -0.05) is 73.2 Å². The van der Waals surface area contributed by atoms with Gasteiger partial charge in [-0.25, -0.2) is 0 Å². The summed E-state index contributed by atoms with van der Waals surface area (Å²) in [6, 6.07) is 19.4. The summed E-state index contributed by atoms with van der Waals surface area (Å²) in [5, 5.41) is 1.22. The van der Waals surface area contributed by atoms with Crippen molar-refractivity contribution >= 4 is 26.4 Å². The Morgan fingerprint density at radius 3 is 1.89 bits per heavy atom. The Hall–Kier alpha value is 0.500. The van der Waals surface area contributed by atoms with Crippen LogP contribution in [0.5, 0.6) is 0 Å². The fourth-order valence-corrected chi connectivity index (χ4v) is 9.76. The van der Waals surface area contributed by atoms with E-state index in [9.17, 15) is 14.4 Å². The van der Waals surface area contributed by atoms with Crippen LogP contribution in [0, 0.1) is 5.41 Å². The zero-order valence-corrected chi connectivity index (χ0v) is 21.9. The quantitative estimate of drug-likeness (QED) is 0.441. The summed E-state index contributed by atoms with van der Waals surface area (Å²) < 4.78 is 12.2. The van der Waals surface area contributed by atoms with Crippen LogP contribution in [0.3, 0.4) is 0 Å². The second-order valence-corrected chi connectivity index (χ2v) is 10.7. The predicted molar refractivity (Wildman–Crippen MR) is 99.9 cm³/mol. The molecule has 0 aromatic heterocycles. The summed E-state index contributed by atoms with van der Waals surface area (Å²) in [6.07, 6.45) is 0.715. The van der Waals surface area contributed by atoms with Crippen LogP contribution in [0.15, 0.2) is 71.3 Å². The molecule has 0 amide bonds. The van der Waals surface area contributed by atoms with Gasteiger partial charge in [0.1, 0.15) is 0 Å². The average Bonchev–Trinajstić information content (AvgIpc) is 3.04. The molecule has 0 saturated heterocycles. The summed E-state index contributed by atoms with van der Waals surface area (Å²) >= 11 is 0. The minimum atomic E-state index is -4.83. The summed E-state index contributed by atoms with van der Waals surface area (Å²) in [6.45, 7) is 4.17. The molecular weight excluding hydrogens is 396 g/mol. The largest absolute Gasteiger partial charge is 1.00 e.